The van der Waals surface area contributed by atoms with Gasteiger partial charge < -0.3 is 10.3 Å². The lowest BCUT2D eigenvalue weighted by molar-refractivity contribution is 0.628. The van der Waals surface area contributed by atoms with Crippen LogP contribution in [0.3, 0.4) is 0 Å². The number of anilines is 1. The molecule has 5 nitrogen and oxygen atoms in total. The van der Waals surface area contributed by atoms with Crippen LogP contribution in [0.25, 0.3) is 22.6 Å². The molecule has 3 aromatic rings. The van der Waals surface area contributed by atoms with Crippen molar-refractivity contribution in [2.24, 2.45) is 0 Å². The van der Waals surface area contributed by atoms with Crippen molar-refractivity contribution in [3.8, 4) is 22.6 Å². The zero-order valence-electron chi connectivity index (χ0n) is 11.8. The largest absolute Gasteiger partial charge is 0.368 e. The second-order valence-electron chi connectivity index (χ2n) is 5.39. The molecule has 110 valence electrons. The van der Waals surface area contributed by atoms with Crippen LogP contribution in [-0.2, 0) is 0 Å². The van der Waals surface area contributed by atoms with Gasteiger partial charge in [-0.3, -0.25) is 0 Å². The molecular formula is C16H14FN5. The molecule has 1 aliphatic carbocycles. The van der Waals surface area contributed by atoms with E-state index in [1.807, 2.05) is 12.4 Å². The minimum absolute atomic E-state index is 0.228. The third kappa shape index (κ3) is 2.22. The van der Waals surface area contributed by atoms with E-state index in [9.17, 15) is 4.39 Å². The molecule has 4 rings (SSSR count). The van der Waals surface area contributed by atoms with Crippen molar-refractivity contribution in [2.75, 3.05) is 5.73 Å². The fraction of sp³-hybridized carbons (Fsp3) is 0.188. The predicted octanol–water partition coefficient (Wildman–Crippen LogP) is 3.06. The summed E-state index contributed by atoms with van der Waals surface area (Å²) < 4.78 is 15.3. The SMILES string of the molecule is Nc1nccc(-c2c(-c3ccc(F)cc3)ncn2C2CC2)n1. The van der Waals surface area contributed by atoms with Gasteiger partial charge in [-0.15, -0.1) is 0 Å². The Morgan fingerprint density at radius 1 is 1.09 bits per heavy atom. The molecular weight excluding hydrogens is 281 g/mol. The van der Waals surface area contributed by atoms with Crippen LogP contribution in [0, 0.1) is 5.82 Å². The first-order valence-corrected chi connectivity index (χ1v) is 7.14. The molecule has 6 heteroatoms. The van der Waals surface area contributed by atoms with E-state index in [1.165, 1.54) is 12.1 Å². The fourth-order valence-electron chi connectivity index (χ4n) is 2.57. The molecule has 0 saturated heterocycles. The minimum Gasteiger partial charge on any atom is -0.368 e. The summed E-state index contributed by atoms with van der Waals surface area (Å²) in [5.74, 6) is -0.0377. The van der Waals surface area contributed by atoms with Crippen molar-refractivity contribution in [3.63, 3.8) is 0 Å². The topological polar surface area (TPSA) is 69.6 Å². The highest BCUT2D eigenvalue weighted by molar-refractivity contribution is 5.77. The molecule has 2 aromatic heterocycles. The molecule has 0 bridgehead atoms. The molecule has 2 N–H and O–H groups in total. The Morgan fingerprint density at radius 2 is 1.86 bits per heavy atom. The second kappa shape index (κ2) is 4.91. The number of nitrogens with zero attached hydrogens (tertiary/aromatic N) is 4. The zero-order chi connectivity index (χ0) is 15.1. The first-order chi connectivity index (χ1) is 10.7. The highest BCUT2D eigenvalue weighted by Crippen LogP contribution is 2.41. The van der Waals surface area contributed by atoms with Crippen LogP contribution in [0.4, 0.5) is 10.3 Å². The van der Waals surface area contributed by atoms with Gasteiger partial charge in [-0.2, -0.15) is 0 Å². The van der Waals surface area contributed by atoms with E-state index < -0.39 is 0 Å². The van der Waals surface area contributed by atoms with Gasteiger partial charge in [0, 0.05) is 17.8 Å². The average Bonchev–Trinajstić information content (AvgIpc) is 3.27. The van der Waals surface area contributed by atoms with Crippen LogP contribution in [0.5, 0.6) is 0 Å². The van der Waals surface area contributed by atoms with Crippen molar-refractivity contribution in [1.29, 1.82) is 0 Å². The maximum atomic E-state index is 13.2. The van der Waals surface area contributed by atoms with Gasteiger partial charge in [0.15, 0.2) is 0 Å². The third-order valence-electron chi connectivity index (χ3n) is 3.77. The van der Waals surface area contributed by atoms with Crippen molar-refractivity contribution >= 4 is 5.95 Å². The molecule has 0 unspecified atom stereocenters. The molecule has 0 spiro atoms. The van der Waals surface area contributed by atoms with Gasteiger partial charge in [0.25, 0.3) is 0 Å². The number of nitrogen functional groups attached to an aromatic ring is 1. The standard InChI is InChI=1S/C16H14FN5/c17-11-3-1-10(2-4-11)14-15(13-7-8-19-16(18)21-13)22(9-20-14)12-5-6-12/h1-4,7-9,12H,5-6H2,(H2,18,19,21). The smallest absolute Gasteiger partial charge is 0.220 e. The van der Waals surface area contributed by atoms with E-state index in [-0.39, 0.29) is 11.8 Å². The summed E-state index contributed by atoms with van der Waals surface area (Å²) in [6.45, 7) is 0. The number of nitrogens with two attached hydrogens (primary N) is 1. The molecule has 1 aliphatic rings. The average molecular weight is 295 g/mol. The van der Waals surface area contributed by atoms with E-state index in [1.54, 1.807) is 18.3 Å². The predicted molar refractivity (Wildman–Crippen MR) is 81.3 cm³/mol. The summed E-state index contributed by atoms with van der Waals surface area (Å²) in [5.41, 5.74) is 8.99. The lowest BCUT2D eigenvalue weighted by Crippen LogP contribution is -2.01. The number of imidazole rings is 1. The van der Waals surface area contributed by atoms with Gasteiger partial charge in [0.05, 0.1) is 23.4 Å². The minimum atomic E-state index is -0.266. The van der Waals surface area contributed by atoms with Crippen molar-refractivity contribution < 1.29 is 4.39 Å². The van der Waals surface area contributed by atoms with E-state index in [4.69, 9.17) is 5.73 Å². The summed E-state index contributed by atoms with van der Waals surface area (Å²) in [5, 5.41) is 0. The maximum Gasteiger partial charge on any atom is 0.220 e. The zero-order valence-corrected chi connectivity index (χ0v) is 11.8. The van der Waals surface area contributed by atoms with E-state index in [0.717, 1.165) is 35.5 Å². The summed E-state index contributed by atoms with van der Waals surface area (Å²) in [7, 11) is 0. The Hall–Kier alpha value is -2.76. The van der Waals surface area contributed by atoms with E-state index in [0.29, 0.717) is 6.04 Å². The van der Waals surface area contributed by atoms with Gasteiger partial charge in [-0.25, -0.2) is 19.3 Å². The molecule has 22 heavy (non-hydrogen) atoms. The molecule has 1 saturated carbocycles. The number of benzene rings is 1. The Kier molecular flexibility index (Phi) is 2.89. The van der Waals surface area contributed by atoms with Crippen LogP contribution in [0.15, 0.2) is 42.9 Å². The second-order valence-corrected chi connectivity index (χ2v) is 5.39. The number of hydrogen-bond donors (Lipinski definition) is 1. The first kappa shape index (κ1) is 12.9. The van der Waals surface area contributed by atoms with Crippen LogP contribution >= 0.6 is 0 Å². The molecule has 0 atom stereocenters. The Balaban J connectivity index is 1.90. The van der Waals surface area contributed by atoms with Crippen molar-refractivity contribution in [1.82, 2.24) is 19.5 Å². The molecule has 0 aliphatic heterocycles. The van der Waals surface area contributed by atoms with Crippen LogP contribution in [-0.4, -0.2) is 19.5 Å². The quantitative estimate of drug-likeness (QED) is 0.806. The number of hydrogen-bond acceptors (Lipinski definition) is 4. The fourth-order valence-corrected chi connectivity index (χ4v) is 2.57. The normalized spacial score (nSPS) is 14.2. The van der Waals surface area contributed by atoms with Gasteiger partial charge in [0.2, 0.25) is 5.95 Å². The summed E-state index contributed by atoms with van der Waals surface area (Å²) >= 11 is 0. The molecule has 1 fully saturated rings. The van der Waals surface area contributed by atoms with Gasteiger partial charge in [0.1, 0.15) is 5.82 Å². The van der Waals surface area contributed by atoms with Gasteiger partial charge in [-0.1, -0.05) is 0 Å². The Bertz CT molecular complexity index is 821. The Morgan fingerprint density at radius 3 is 2.55 bits per heavy atom. The van der Waals surface area contributed by atoms with Crippen LogP contribution in [0.2, 0.25) is 0 Å². The van der Waals surface area contributed by atoms with Gasteiger partial charge >= 0.3 is 0 Å². The third-order valence-corrected chi connectivity index (χ3v) is 3.77. The number of rotatable bonds is 3. The van der Waals surface area contributed by atoms with Crippen LogP contribution in [0.1, 0.15) is 18.9 Å². The van der Waals surface area contributed by atoms with Crippen molar-refractivity contribution in [3.05, 3.63) is 48.7 Å². The Labute approximate surface area is 126 Å². The summed E-state index contributed by atoms with van der Waals surface area (Å²) in [6, 6.07) is 8.59. The van der Waals surface area contributed by atoms with Gasteiger partial charge in [-0.05, 0) is 43.2 Å². The lowest BCUT2D eigenvalue weighted by atomic mass is 10.1. The maximum absolute atomic E-state index is 13.2. The van der Waals surface area contributed by atoms with Crippen molar-refractivity contribution in [2.45, 2.75) is 18.9 Å². The van der Waals surface area contributed by atoms with E-state index >= 15 is 0 Å². The highest BCUT2D eigenvalue weighted by Gasteiger charge is 2.28. The molecule has 1 aromatic carbocycles. The lowest BCUT2D eigenvalue weighted by Gasteiger charge is -2.09. The monoisotopic (exact) mass is 295 g/mol. The molecule has 2 heterocycles. The van der Waals surface area contributed by atoms with Crippen LogP contribution < -0.4 is 5.73 Å². The molecule has 0 amide bonds. The summed E-state index contributed by atoms with van der Waals surface area (Å²) in [6.07, 6.45) is 5.72. The number of halogens is 1. The highest BCUT2D eigenvalue weighted by atomic mass is 19.1. The molecule has 0 radical (unpaired) electrons. The number of aromatic nitrogens is 4. The summed E-state index contributed by atoms with van der Waals surface area (Å²) in [4.78, 5) is 12.8. The van der Waals surface area contributed by atoms with E-state index in [2.05, 4.69) is 19.5 Å². The first-order valence-electron chi connectivity index (χ1n) is 7.14.